The van der Waals surface area contributed by atoms with Gasteiger partial charge < -0.3 is 15.4 Å². The molecule has 2 aromatic rings. The van der Waals surface area contributed by atoms with Crippen LogP contribution >= 0.6 is 34.8 Å². The van der Waals surface area contributed by atoms with Crippen LogP contribution in [0, 0.1) is 0 Å². The lowest BCUT2D eigenvalue weighted by atomic mass is 9.96. The van der Waals surface area contributed by atoms with Crippen LogP contribution in [-0.4, -0.2) is 56.1 Å². The normalized spacial score (nSPS) is 14.5. The highest BCUT2D eigenvalue weighted by Crippen LogP contribution is 2.41. The first-order chi connectivity index (χ1) is 20.4. The van der Waals surface area contributed by atoms with E-state index in [-0.39, 0.29) is 21.1 Å². The van der Waals surface area contributed by atoms with Gasteiger partial charge in [-0.05, 0) is 35.4 Å². The number of allylic oxidation sites excluding steroid dienone is 1. The molecule has 0 fully saturated rings. The van der Waals surface area contributed by atoms with Gasteiger partial charge in [0, 0.05) is 7.11 Å². The third-order valence-corrected chi connectivity index (χ3v) is 6.89. The predicted molar refractivity (Wildman–Crippen MR) is 138 cm³/mol. The van der Waals surface area contributed by atoms with Gasteiger partial charge in [-0.25, -0.2) is 0 Å². The van der Waals surface area contributed by atoms with Crippen molar-refractivity contribution in [3.8, 4) is 0 Å². The molecule has 0 aliphatic carbocycles. The van der Waals surface area contributed by atoms with E-state index in [1.165, 1.54) is 0 Å². The number of benzene rings is 2. The zero-order valence-electron chi connectivity index (χ0n) is 21.9. The van der Waals surface area contributed by atoms with E-state index in [4.69, 9.17) is 34.8 Å². The van der Waals surface area contributed by atoms with Gasteiger partial charge in [0.15, 0.2) is 0 Å². The number of ether oxygens (including phenoxy) is 1. The lowest BCUT2D eigenvalue weighted by Crippen LogP contribution is -2.59. The summed E-state index contributed by atoms with van der Waals surface area (Å²) in [5.74, 6) is -6.34. The van der Waals surface area contributed by atoms with Crippen molar-refractivity contribution in [2.75, 3.05) is 13.7 Å². The van der Waals surface area contributed by atoms with E-state index >= 15 is 0 Å². The summed E-state index contributed by atoms with van der Waals surface area (Å²) in [5, 5.41) is 1.26. The molecule has 2 aromatic carbocycles. The molecule has 2 N–H and O–H groups in total. The fourth-order valence-electron chi connectivity index (χ4n) is 3.65. The molecule has 0 saturated carbocycles. The SMILES string of the molecule is COCC(NC(=O)c1ccc(/C=C/C(c2cc(Cl)c(Cl)c(Cl)c2)C(F)(F)F)cc1C(F)(F)F)C(=O)NC(C(F)(F)F)C(F)(F)F. The van der Waals surface area contributed by atoms with Crippen molar-refractivity contribution < 1.29 is 67.0 Å². The molecule has 2 amide bonds. The molecule has 0 spiro atoms. The van der Waals surface area contributed by atoms with Crippen LogP contribution in [0.1, 0.15) is 33.0 Å². The molecule has 2 rings (SSSR count). The first kappa shape index (κ1) is 38.3. The Morgan fingerprint density at radius 2 is 1.36 bits per heavy atom. The number of carbonyl (C=O) groups is 2. The highest BCUT2D eigenvalue weighted by Gasteiger charge is 2.58. The maximum Gasteiger partial charge on any atom is 0.417 e. The number of amides is 2. The molecule has 0 bridgehead atoms. The number of methoxy groups -OCH3 is 1. The summed E-state index contributed by atoms with van der Waals surface area (Å²) >= 11 is 17.3. The standard InChI is InChI=1S/C25H17Cl3F12N2O3/c1-45-9-17(20(44)42-21(24(35,36)37)25(38,39)40)41-19(43)12-4-2-10(6-14(12)23(32,33)34)3-5-13(22(29,30)31)11-7-15(26)18(28)16(27)8-11/h2-8,13,17,21H,9H2,1H3,(H,41,43)(H,42,44)/b5-3+. The molecule has 5 nitrogen and oxygen atoms in total. The largest absolute Gasteiger partial charge is 0.417 e. The summed E-state index contributed by atoms with van der Waals surface area (Å²) < 4.78 is 165. The van der Waals surface area contributed by atoms with Crippen molar-refractivity contribution in [1.29, 1.82) is 0 Å². The van der Waals surface area contributed by atoms with E-state index in [9.17, 15) is 62.3 Å². The molecule has 45 heavy (non-hydrogen) atoms. The Morgan fingerprint density at radius 1 is 0.822 bits per heavy atom. The number of hydrogen-bond acceptors (Lipinski definition) is 3. The minimum atomic E-state index is -6.03. The van der Waals surface area contributed by atoms with Gasteiger partial charge in [0.2, 0.25) is 11.9 Å². The van der Waals surface area contributed by atoms with E-state index in [1.54, 1.807) is 5.32 Å². The lowest BCUT2D eigenvalue weighted by Gasteiger charge is -2.26. The molecule has 0 aromatic heterocycles. The Hall–Kier alpha value is -2.89. The van der Waals surface area contributed by atoms with Crippen LogP contribution in [0.15, 0.2) is 36.4 Å². The van der Waals surface area contributed by atoms with Crippen LogP contribution in [0.2, 0.25) is 15.1 Å². The molecule has 0 heterocycles. The second kappa shape index (κ2) is 14.3. The van der Waals surface area contributed by atoms with E-state index in [0.29, 0.717) is 23.5 Å². The molecule has 2 unspecified atom stereocenters. The molecule has 20 heteroatoms. The van der Waals surface area contributed by atoms with Crippen molar-refractivity contribution in [1.82, 2.24) is 10.6 Å². The van der Waals surface area contributed by atoms with Gasteiger partial charge in [-0.3, -0.25) is 9.59 Å². The second-order valence-electron chi connectivity index (χ2n) is 8.99. The summed E-state index contributed by atoms with van der Waals surface area (Å²) in [6, 6.07) is -3.59. The molecule has 0 aliphatic rings. The Labute approximate surface area is 260 Å². The Kier molecular flexibility index (Phi) is 12.1. The molecule has 2 atom stereocenters. The fraction of sp³-hybridized carbons (Fsp3) is 0.360. The van der Waals surface area contributed by atoms with Crippen LogP contribution in [0.25, 0.3) is 6.08 Å². The third-order valence-electron chi connectivity index (χ3n) is 5.69. The first-order valence-electron chi connectivity index (χ1n) is 11.7. The summed E-state index contributed by atoms with van der Waals surface area (Å²) in [6.07, 6.45) is -21.3. The summed E-state index contributed by atoms with van der Waals surface area (Å²) in [4.78, 5) is 24.9. The molecule has 0 aliphatic heterocycles. The minimum absolute atomic E-state index is 0.245. The Morgan fingerprint density at radius 3 is 1.80 bits per heavy atom. The van der Waals surface area contributed by atoms with E-state index in [2.05, 4.69) is 4.74 Å². The zero-order valence-corrected chi connectivity index (χ0v) is 24.1. The number of hydrogen-bond donors (Lipinski definition) is 2. The second-order valence-corrected chi connectivity index (χ2v) is 10.2. The van der Waals surface area contributed by atoms with Gasteiger partial charge in [0.25, 0.3) is 5.91 Å². The number of rotatable bonds is 9. The van der Waals surface area contributed by atoms with Gasteiger partial charge >= 0.3 is 24.7 Å². The quantitative estimate of drug-likeness (QED) is 0.202. The smallest absolute Gasteiger partial charge is 0.382 e. The van der Waals surface area contributed by atoms with Crippen molar-refractivity contribution in [3.05, 3.63) is 73.7 Å². The van der Waals surface area contributed by atoms with E-state index in [1.807, 2.05) is 0 Å². The van der Waals surface area contributed by atoms with Gasteiger partial charge in [-0.2, -0.15) is 52.7 Å². The molecular formula is C25H17Cl3F12N2O3. The fourth-order valence-corrected chi connectivity index (χ4v) is 4.26. The average molecular weight is 728 g/mol. The third kappa shape index (κ3) is 10.3. The van der Waals surface area contributed by atoms with Crippen molar-refractivity contribution in [3.63, 3.8) is 0 Å². The van der Waals surface area contributed by atoms with Crippen LogP contribution in [0.3, 0.4) is 0 Å². The van der Waals surface area contributed by atoms with Crippen LogP contribution < -0.4 is 10.6 Å². The summed E-state index contributed by atoms with van der Waals surface area (Å²) in [7, 11) is 0.819. The maximum absolute atomic E-state index is 13.9. The van der Waals surface area contributed by atoms with Crippen LogP contribution in [0.4, 0.5) is 52.7 Å². The Bertz CT molecular complexity index is 1390. The first-order valence-corrected chi connectivity index (χ1v) is 12.9. The molecule has 0 radical (unpaired) electrons. The highest BCUT2D eigenvalue weighted by molar-refractivity contribution is 6.48. The topological polar surface area (TPSA) is 67.4 Å². The molecule has 250 valence electrons. The number of alkyl halides is 12. The number of nitrogens with one attached hydrogen (secondary N) is 2. The average Bonchev–Trinajstić information content (AvgIpc) is 2.87. The van der Waals surface area contributed by atoms with Gasteiger partial charge in [0.05, 0.1) is 38.7 Å². The van der Waals surface area contributed by atoms with E-state index in [0.717, 1.165) is 25.3 Å². The van der Waals surface area contributed by atoms with Crippen LogP contribution in [-0.2, 0) is 15.7 Å². The van der Waals surface area contributed by atoms with Gasteiger partial charge in [0.1, 0.15) is 6.04 Å². The monoisotopic (exact) mass is 726 g/mol. The zero-order chi connectivity index (χ0) is 34.7. The minimum Gasteiger partial charge on any atom is -0.382 e. The van der Waals surface area contributed by atoms with Gasteiger partial charge in [-0.15, -0.1) is 0 Å². The van der Waals surface area contributed by atoms with E-state index < -0.39 is 83.4 Å². The van der Waals surface area contributed by atoms with Crippen molar-refractivity contribution in [2.45, 2.75) is 42.7 Å². The maximum atomic E-state index is 13.9. The van der Waals surface area contributed by atoms with Crippen molar-refractivity contribution >= 4 is 52.7 Å². The van der Waals surface area contributed by atoms with Crippen molar-refractivity contribution in [2.24, 2.45) is 0 Å². The van der Waals surface area contributed by atoms with Gasteiger partial charge in [-0.1, -0.05) is 53.0 Å². The molecular weight excluding hydrogens is 711 g/mol. The predicted octanol–water partition coefficient (Wildman–Crippen LogP) is 8.38. The lowest BCUT2D eigenvalue weighted by molar-refractivity contribution is -0.257. The summed E-state index contributed by atoms with van der Waals surface area (Å²) in [6.45, 7) is -1.07. The van der Waals surface area contributed by atoms with Crippen LogP contribution in [0.5, 0.6) is 0 Å². The number of carbonyl (C=O) groups excluding carboxylic acids is 2. The Balaban J connectivity index is 2.46. The molecule has 0 saturated heterocycles. The summed E-state index contributed by atoms with van der Waals surface area (Å²) in [5.41, 5.74) is -4.10. The number of halogens is 15. The highest BCUT2D eigenvalue weighted by atomic mass is 35.5.